The Hall–Kier alpha value is -2.85. The molecule has 0 bridgehead atoms. The quantitative estimate of drug-likeness (QED) is 0.542. The molecule has 0 unspecified atom stereocenters. The molecule has 0 atom stereocenters. The lowest BCUT2D eigenvalue weighted by Crippen LogP contribution is -1.94. The zero-order valence-corrected chi connectivity index (χ0v) is 13.5. The standard InChI is InChI=1S/C19H14ClN3O/c20-18-16-10-17(23-19(16)22-12-21-18)14-6-8-15(9-7-14)24-11-13-4-2-1-3-5-13/h1-10,12H,11H2,(H,21,22,23). The molecule has 118 valence electrons. The summed E-state index contributed by atoms with van der Waals surface area (Å²) in [6.07, 6.45) is 1.45. The van der Waals surface area contributed by atoms with E-state index in [-0.39, 0.29) is 0 Å². The summed E-state index contributed by atoms with van der Waals surface area (Å²) in [5.74, 6) is 0.830. The Morgan fingerprint density at radius 2 is 1.75 bits per heavy atom. The zero-order valence-electron chi connectivity index (χ0n) is 12.7. The summed E-state index contributed by atoms with van der Waals surface area (Å²) >= 11 is 6.09. The molecule has 0 spiro atoms. The predicted octanol–water partition coefficient (Wildman–Crippen LogP) is 4.86. The third-order valence-corrected chi connectivity index (χ3v) is 4.09. The molecular weight excluding hydrogens is 322 g/mol. The largest absolute Gasteiger partial charge is 0.489 e. The van der Waals surface area contributed by atoms with E-state index in [4.69, 9.17) is 16.3 Å². The van der Waals surface area contributed by atoms with Crippen LogP contribution in [0.1, 0.15) is 5.56 Å². The van der Waals surface area contributed by atoms with Gasteiger partial charge in [0.15, 0.2) is 0 Å². The maximum absolute atomic E-state index is 6.09. The summed E-state index contributed by atoms with van der Waals surface area (Å²) < 4.78 is 5.81. The van der Waals surface area contributed by atoms with E-state index >= 15 is 0 Å². The van der Waals surface area contributed by atoms with E-state index in [9.17, 15) is 0 Å². The number of H-pyrrole nitrogens is 1. The summed E-state index contributed by atoms with van der Waals surface area (Å²) in [5.41, 5.74) is 3.86. The number of fused-ring (bicyclic) bond motifs is 1. The van der Waals surface area contributed by atoms with Crippen LogP contribution in [-0.4, -0.2) is 15.0 Å². The average molecular weight is 336 g/mol. The van der Waals surface area contributed by atoms with Crippen LogP contribution in [-0.2, 0) is 6.61 Å². The number of aromatic amines is 1. The summed E-state index contributed by atoms with van der Waals surface area (Å²) in [6.45, 7) is 0.553. The molecule has 24 heavy (non-hydrogen) atoms. The fourth-order valence-corrected chi connectivity index (χ4v) is 2.72. The van der Waals surface area contributed by atoms with Gasteiger partial charge in [0.05, 0.1) is 5.39 Å². The van der Waals surface area contributed by atoms with Gasteiger partial charge in [0, 0.05) is 5.69 Å². The highest BCUT2D eigenvalue weighted by molar-refractivity contribution is 6.34. The van der Waals surface area contributed by atoms with Gasteiger partial charge >= 0.3 is 0 Å². The number of aromatic nitrogens is 3. The monoisotopic (exact) mass is 335 g/mol. The molecule has 4 nitrogen and oxygen atoms in total. The lowest BCUT2D eigenvalue weighted by atomic mass is 10.1. The fourth-order valence-electron chi connectivity index (χ4n) is 2.54. The smallest absolute Gasteiger partial charge is 0.142 e. The Morgan fingerprint density at radius 3 is 2.50 bits per heavy atom. The molecule has 0 radical (unpaired) electrons. The summed E-state index contributed by atoms with van der Waals surface area (Å²) in [5, 5.41) is 1.27. The second kappa shape index (κ2) is 6.34. The van der Waals surface area contributed by atoms with Crippen LogP contribution in [0.3, 0.4) is 0 Å². The highest BCUT2D eigenvalue weighted by atomic mass is 35.5. The Bertz CT molecular complexity index is 965. The van der Waals surface area contributed by atoms with Gasteiger partial charge in [0.25, 0.3) is 0 Å². The van der Waals surface area contributed by atoms with Gasteiger partial charge in [-0.05, 0) is 41.5 Å². The summed E-state index contributed by atoms with van der Waals surface area (Å²) in [6, 6.07) is 20.0. The normalized spacial score (nSPS) is 10.9. The topological polar surface area (TPSA) is 50.8 Å². The highest BCUT2D eigenvalue weighted by Gasteiger charge is 2.08. The first-order valence-corrected chi connectivity index (χ1v) is 7.94. The second-order valence-electron chi connectivity index (χ2n) is 5.41. The Kier molecular flexibility index (Phi) is 3.89. The number of ether oxygens (including phenoxy) is 1. The van der Waals surface area contributed by atoms with Crippen LogP contribution in [0, 0.1) is 0 Å². The molecule has 4 rings (SSSR count). The van der Waals surface area contributed by atoms with Gasteiger partial charge < -0.3 is 9.72 Å². The van der Waals surface area contributed by atoms with Crippen LogP contribution in [0.25, 0.3) is 22.3 Å². The van der Waals surface area contributed by atoms with Gasteiger partial charge in [-0.15, -0.1) is 0 Å². The number of rotatable bonds is 4. The van der Waals surface area contributed by atoms with Crippen molar-refractivity contribution in [1.82, 2.24) is 15.0 Å². The van der Waals surface area contributed by atoms with E-state index in [1.54, 1.807) is 0 Å². The molecule has 0 aliphatic heterocycles. The first-order chi connectivity index (χ1) is 11.8. The van der Waals surface area contributed by atoms with Crippen molar-refractivity contribution in [3.05, 3.63) is 77.7 Å². The Labute approximate surface area is 144 Å². The molecule has 5 heteroatoms. The van der Waals surface area contributed by atoms with Gasteiger partial charge in [0.1, 0.15) is 29.5 Å². The number of nitrogens with one attached hydrogen (secondary N) is 1. The zero-order chi connectivity index (χ0) is 16.4. The van der Waals surface area contributed by atoms with Crippen LogP contribution in [0.2, 0.25) is 5.15 Å². The van der Waals surface area contributed by atoms with Crippen molar-refractivity contribution < 1.29 is 4.74 Å². The third kappa shape index (κ3) is 2.96. The molecule has 0 aliphatic carbocycles. The van der Waals surface area contributed by atoms with Gasteiger partial charge in [0.2, 0.25) is 0 Å². The number of halogens is 1. The van der Waals surface area contributed by atoms with Gasteiger partial charge in [-0.1, -0.05) is 41.9 Å². The summed E-state index contributed by atoms with van der Waals surface area (Å²) in [4.78, 5) is 11.4. The maximum atomic E-state index is 6.09. The minimum Gasteiger partial charge on any atom is -0.489 e. The molecule has 0 amide bonds. The predicted molar refractivity (Wildman–Crippen MR) is 95.1 cm³/mol. The molecule has 2 aromatic carbocycles. The molecule has 0 saturated carbocycles. The fraction of sp³-hybridized carbons (Fsp3) is 0.0526. The van der Waals surface area contributed by atoms with E-state index in [0.29, 0.717) is 11.8 Å². The van der Waals surface area contributed by atoms with Crippen LogP contribution in [0.4, 0.5) is 0 Å². The lowest BCUT2D eigenvalue weighted by Gasteiger charge is -2.07. The maximum Gasteiger partial charge on any atom is 0.142 e. The molecule has 0 fully saturated rings. The second-order valence-corrected chi connectivity index (χ2v) is 5.77. The van der Waals surface area contributed by atoms with Gasteiger partial charge in [-0.3, -0.25) is 0 Å². The molecular formula is C19H14ClN3O. The Balaban J connectivity index is 1.53. The van der Waals surface area contributed by atoms with Crippen LogP contribution in [0.15, 0.2) is 67.0 Å². The summed E-state index contributed by atoms with van der Waals surface area (Å²) in [7, 11) is 0. The molecule has 2 heterocycles. The number of nitrogens with zero attached hydrogens (tertiary/aromatic N) is 2. The van der Waals surface area contributed by atoms with Crippen LogP contribution >= 0.6 is 11.6 Å². The third-order valence-electron chi connectivity index (χ3n) is 3.79. The molecule has 0 saturated heterocycles. The minimum atomic E-state index is 0.449. The lowest BCUT2D eigenvalue weighted by molar-refractivity contribution is 0.306. The van der Waals surface area contributed by atoms with Crippen LogP contribution in [0.5, 0.6) is 5.75 Å². The number of hydrogen-bond donors (Lipinski definition) is 1. The molecule has 2 aromatic heterocycles. The van der Waals surface area contributed by atoms with Gasteiger partial charge in [-0.2, -0.15) is 0 Å². The minimum absolute atomic E-state index is 0.449. The van der Waals surface area contributed by atoms with Crippen molar-refractivity contribution in [2.24, 2.45) is 0 Å². The molecule has 1 N–H and O–H groups in total. The van der Waals surface area contributed by atoms with Crippen LogP contribution < -0.4 is 4.74 Å². The van der Waals surface area contributed by atoms with E-state index in [1.807, 2.05) is 60.7 Å². The van der Waals surface area contributed by atoms with Crippen molar-refractivity contribution >= 4 is 22.6 Å². The number of benzene rings is 2. The first kappa shape index (κ1) is 14.7. The van der Waals surface area contributed by atoms with E-state index < -0.39 is 0 Å². The molecule has 0 aliphatic rings. The SMILES string of the molecule is Clc1ncnc2[nH]c(-c3ccc(OCc4ccccc4)cc3)cc12. The van der Waals surface area contributed by atoms with Crippen molar-refractivity contribution in [2.45, 2.75) is 6.61 Å². The van der Waals surface area contributed by atoms with E-state index in [1.165, 1.54) is 6.33 Å². The van der Waals surface area contributed by atoms with Crippen molar-refractivity contribution in [3.63, 3.8) is 0 Å². The Morgan fingerprint density at radius 1 is 0.958 bits per heavy atom. The molecule has 4 aromatic rings. The van der Waals surface area contributed by atoms with E-state index in [0.717, 1.165) is 33.6 Å². The average Bonchev–Trinajstić information content (AvgIpc) is 3.07. The van der Waals surface area contributed by atoms with Crippen molar-refractivity contribution in [1.29, 1.82) is 0 Å². The highest BCUT2D eigenvalue weighted by Crippen LogP contribution is 2.27. The first-order valence-electron chi connectivity index (χ1n) is 7.56. The van der Waals surface area contributed by atoms with Crippen molar-refractivity contribution in [3.8, 4) is 17.0 Å². The van der Waals surface area contributed by atoms with Gasteiger partial charge in [-0.25, -0.2) is 9.97 Å². The number of hydrogen-bond acceptors (Lipinski definition) is 3. The van der Waals surface area contributed by atoms with E-state index in [2.05, 4.69) is 15.0 Å². The van der Waals surface area contributed by atoms with Crippen molar-refractivity contribution in [2.75, 3.05) is 0 Å².